The first kappa shape index (κ1) is 43.3. The number of hydroxylamine groups is 4. The molecular formula is C60H50N4O4. The molecule has 8 heteroatoms. The first-order valence-electron chi connectivity index (χ1n) is 22.7. The Hall–Kier alpha value is -8.62. The maximum atomic E-state index is 15.3. The summed E-state index contributed by atoms with van der Waals surface area (Å²) >= 11 is 0. The van der Waals surface area contributed by atoms with Crippen LogP contribution in [0.25, 0.3) is 11.4 Å². The maximum Gasteiger partial charge on any atom is 0.294 e. The fourth-order valence-corrected chi connectivity index (χ4v) is 8.58. The average Bonchev–Trinajstić information content (AvgIpc) is 3.79. The van der Waals surface area contributed by atoms with E-state index in [2.05, 4.69) is 135 Å². The topological polar surface area (TPSA) is 65.6 Å². The van der Waals surface area contributed by atoms with Crippen molar-refractivity contribution in [3.8, 4) is 11.5 Å². The van der Waals surface area contributed by atoms with E-state index >= 15 is 9.59 Å². The summed E-state index contributed by atoms with van der Waals surface area (Å²) in [6.45, 7) is 12.3. The largest absolute Gasteiger partial charge is 0.372 e. The molecule has 2 aliphatic heterocycles. The second-order valence-electron chi connectivity index (χ2n) is 17.6. The monoisotopic (exact) mass is 890 g/mol. The Labute approximate surface area is 397 Å². The summed E-state index contributed by atoms with van der Waals surface area (Å²) in [5, 5.41) is 2.52. The van der Waals surface area contributed by atoms with E-state index in [1.807, 2.05) is 111 Å². The number of anilines is 6. The summed E-state index contributed by atoms with van der Waals surface area (Å²) in [7, 11) is 0. The lowest BCUT2D eigenvalue weighted by Crippen LogP contribution is -2.33. The molecule has 0 fully saturated rings. The van der Waals surface area contributed by atoms with Gasteiger partial charge in [-0.05, 0) is 139 Å². The van der Waals surface area contributed by atoms with Gasteiger partial charge in [0, 0.05) is 45.3 Å². The van der Waals surface area contributed by atoms with E-state index < -0.39 is 11.8 Å². The van der Waals surface area contributed by atoms with Crippen molar-refractivity contribution in [1.29, 1.82) is 0 Å². The number of hydrogen-bond acceptors (Lipinski definition) is 6. The molecule has 68 heavy (non-hydrogen) atoms. The number of carbonyl (C=O) groups excluding carboxylic acids is 2. The molecule has 2 aliphatic rings. The van der Waals surface area contributed by atoms with Crippen molar-refractivity contribution in [3.63, 3.8) is 0 Å². The molecule has 0 unspecified atom stereocenters. The molecule has 0 N–H and O–H groups in total. The predicted molar refractivity (Wildman–Crippen MR) is 272 cm³/mol. The van der Waals surface area contributed by atoms with Gasteiger partial charge in [-0.15, -0.1) is 10.1 Å². The van der Waals surface area contributed by atoms with E-state index in [1.54, 1.807) is 0 Å². The molecule has 8 aromatic rings. The van der Waals surface area contributed by atoms with E-state index in [0.717, 1.165) is 67.5 Å². The molecule has 0 atom stereocenters. The summed E-state index contributed by atoms with van der Waals surface area (Å²) in [5.41, 5.74) is 14.7. The average molecular weight is 891 g/mol. The van der Waals surface area contributed by atoms with Crippen LogP contribution in [0.3, 0.4) is 0 Å². The lowest BCUT2D eigenvalue weighted by atomic mass is 10.0. The van der Waals surface area contributed by atoms with E-state index in [0.29, 0.717) is 34.0 Å². The molecule has 8 aromatic carbocycles. The molecular weight excluding hydrogens is 841 g/mol. The Morgan fingerprint density at radius 2 is 0.500 bits per heavy atom. The highest BCUT2D eigenvalue weighted by Crippen LogP contribution is 2.48. The van der Waals surface area contributed by atoms with E-state index in [-0.39, 0.29) is 11.1 Å². The summed E-state index contributed by atoms with van der Waals surface area (Å²) in [5.74, 6) is -0.0990. The van der Waals surface area contributed by atoms with E-state index in [9.17, 15) is 0 Å². The minimum Gasteiger partial charge on any atom is -0.372 e. The zero-order chi connectivity index (χ0) is 47.1. The van der Waals surface area contributed by atoms with Crippen LogP contribution in [0.15, 0.2) is 205 Å². The Kier molecular flexibility index (Phi) is 11.4. The van der Waals surface area contributed by atoms with Gasteiger partial charge in [-0.1, -0.05) is 130 Å². The van der Waals surface area contributed by atoms with Gasteiger partial charge in [0.25, 0.3) is 11.8 Å². The van der Waals surface area contributed by atoms with Crippen molar-refractivity contribution in [1.82, 2.24) is 10.1 Å². The minimum absolute atomic E-state index is 0.177. The normalized spacial score (nSPS) is 13.3. The van der Waals surface area contributed by atoms with Crippen LogP contribution in [0.1, 0.15) is 44.5 Å². The van der Waals surface area contributed by atoms with Crippen molar-refractivity contribution in [3.05, 3.63) is 250 Å². The second-order valence-corrected chi connectivity index (χ2v) is 17.6. The van der Waals surface area contributed by atoms with Crippen LogP contribution in [0.5, 0.6) is 11.5 Å². The van der Waals surface area contributed by atoms with Gasteiger partial charge in [-0.25, -0.2) is 0 Å². The fraction of sp³-hybridized carbons (Fsp3) is 0.100. The lowest BCUT2D eigenvalue weighted by Gasteiger charge is -2.27. The number of carbonyl (C=O) groups is 2. The van der Waals surface area contributed by atoms with Crippen molar-refractivity contribution in [2.75, 3.05) is 9.80 Å². The summed E-state index contributed by atoms with van der Waals surface area (Å²) < 4.78 is 0. The van der Waals surface area contributed by atoms with Gasteiger partial charge in [0.05, 0.1) is 11.1 Å². The Balaban J connectivity index is 1.12. The summed E-state index contributed by atoms with van der Waals surface area (Å²) in [4.78, 5) is 47.9. The smallest absolute Gasteiger partial charge is 0.294 e. The van der Waals surface area contributed by atoms with Gasteiger partial charge in [0.2, 0.25) is 0 Å². The predicted octanol–water partition coefficient (Wildman–Crippen LogP) is 14.3. The fourth-order valence-electron chi connectivity index (χ4n) is 8.58. The number of fused-ring (bicyclic) bond motifs is 1. The number of nitrogens with zero attached hydrogens (tertiary/aromatic N) is 4. The zero-order valence-electron chi connectivity index (χ0n) is 38.9. The van der Waals surface area contributed by atoms with Gasteiger partial charge in [0.1, 0.15) is 11.4 Å². The first-order valence-corrected chi connectivity index (χ1v) is 22.7. The highest BCUT2D eigenvalue weighted by atomic mass is 16.7. The molecule has 2 heterocycles. The molecule has 0 bridgehead atoms. The molecule has 10 rings (SSSR count). The van der Waals surface area contributed by atoms with Gasteiger partial charge < -0.3 is 19.5 Å². The Morgan fingerprint density at radius 3 is 0.735 bits per heavy atom. The number of aryl methyl sites for hydroxylation is 6. The summed E-state index contributed by atoms with van der Waals surface area (Å²) in [6.07, 6.45) is 0. The Morgan fingerprint density at radius 1 is 0.294 bits per heavy atom. The molecule has 334 valence electrons. The van der Waals surface area contributed by atoms with Crippen molar-refractivity contribution >= 4 is 57.3 Å². The van der Waals surface area contributed by atoms with Gasteiger partial charge in [-0.3, -0.25) is 9.59 Å². The third-order valence-electron chi connectivity index (χ3n) is 12.3. The van der Waals surface area contributed by atoms with Gasteiger partial charge in [-0.2, -0.15) is 0 Å². The molecule has 0 saturated heterocycles. The first-order chi connectivity index (χ1) is 33.0. The standard InChI is InChI=1S/C60H50N4O4/c1-39-7-23-47(24-8-39)61(48-25-9-40(2)10-26-48)51-31-19-45(20-32-51)57-55-56(60(66)63(57)67-53-35-15-43(5)16-36-53)58(64(59(55)65)68-54-37-17-44(6)18-38-54)46-21-33-52(34-22-46)62(49-27-11-41(3)12-28-49)50-29-13-42(4)14-30-50/h7-38H,1-6H3. The number of hydrogen-bond donors (Lipinski definition) is 0. The van der Waals surface area contributed by atoms with Crippen LogP contribution in [-0.2, 0) is 9.59 Å². The number of rotatable bonds is 12. The SMILES string of the molecule is Cc1ccc(ON2C(=O)C3=C(c4ccc(N(c5ccc(C)cc5)c5ccc(C)cc5)cc4)N(Oc4ccc(C)cc4)C(=O)C3=C2c2ccc(N(c3ccc(C)cc3)c3ccc(C)cc3)cc2)cc1. The van der Waals surface area contributed by atoms with Crippen LogP contribution in [-0.4, -0.2) is 21.9 Å². The minimum atomic E-state index is -0.496. The quantitative estimate of drug-likeness (QED) is 0.122. The molecule has 0 saturated carbocycles. The van der Waals surface area contributed by atoms with Crippen molar-refractivity contribution < 1.29 is 19.3 Å². The van der Waals surface area contributed by atoms with Crippen LogP contribution in [0.2, 0.25) is 0 Å². The third-order valence-corrected chi connectivity index (χ3v) is 12.3. The molecule has 0 radical (unpaired) electrons. The number of amides is 2. The molecule has 2 amide bonds. The third kappa shape index (κ3) is 8.40. The molecule has 8 nitrogen and oxygen atoms in total. The van der Waals surface area contributed by atoms with Gasteiger partial charge in [0.15, 0.2) is 11.5 Å². The molecule has 0 spiro atoms. The van der Waals surface area contributed by atoms with E-state index in [1.165, 1.54) is 10.1 Å². The lowest BCUT2D eigenvalue weighted by molar-refractivity contribution is -0.140. The van der Waals surface area contributed by atoms with Crippen LogP contribution < -0.4 is 19.5 Å². The van der Waals surface area contributed by atoms with Gasteiger partial charge >= 0.3 is 0 Å². The zero-order valence-corrected chi connectivity index (χ0v) is 38.9. The van der Waals surface area contributed by atoms with Crippen molar-refractivity contribution in [2.24, 2.45) is 0 Å². The van der Waals surface area contributed by atoms with E-state index in [4.69, 9.17) is 9.68 Å². The van der Waals surface area contributed by atoms with Crippen LogP contribution in [0.4, 0.5) is 34.1 Å². The van der Waals surface area contributed by atoms with Crippen LogP contribution >= 0.6 is 0 Å². The van der Waals surface area contributed by atoms with Crippen LogP contribution in [0, 0.1) is 41.5 Å². The maximum absolute atomic E-state index is 15.3. The Bertz CT molecular complexity index is 2900. The summed E-state index contributed by atoms with van der Waals surface area (Å²) in [6, 6.07) is 64.4. The second kappa shape index (κ2) is 18.0. The van der Waals surface area contributed by atoms with Crippen molar-refractivity contribution in [2.45, 2.75) is 41.5 Å². The highest BCUT2D eigenvalue weighted by molar-refractivity contribution is 6.29. The molecule has 0 aliphatic carbocycles. The molecule has 0 aromatic heterocycles. The highest BCUT2D eigenvalue weighted by Gasteiger charge is 2.52. The number of benzene rings is 8.